The maximum Gasteiger partial charge on any atom is 0.331 e. The third kappa shape index (κ3) is 4.86. The normalized spacial score (nSPS) is 10.6. The summed E-state index contributed by atoms with van der Waals surface area (Å²) in [5.74, 6) is 0.897. The first-order valence-electron chi connectivity index (χ1n) is 6.94. The van der Waals surface area contributed by atoms with Crippen LogP contribution in [0.3, 0.4) is 0 Å². The zero-order valence-electron chi connectivity index (χ0n) is 12.9. The third-order valence-corrected chi connectivity index (χ3v) is 3.94. The van der Waals surface area contributed by atoms with E-state index in [9.17, 15) is 4.79 Å². The molecule has 0 radical (unpaired) electrons. The van der Waals surface area contributed by atoms with Crippen LogP contribution >= 0.6 is 15.9 Å². The minimum absolute atomic E-state index is 0.213. The largest absolute Gasteiger partial charge is 0.497 e. The van der Waals surface area contributed by atoms with Gasteiger partial charge in [0.25, 0.3) is 0 Å². The van der Waals surface area contributed by atoms with Crippen molar-refractivity contribution in [3.05, 3.63) is 64.1 Å². The Balaban J connectivity index is 2.00. The highest BCUT2D eigenvalue weighted by molar-refractivity contribution is 9.10. The van der Waals surface area contributed by atoms with Gasteiger partial charge in [-0.2, -0.15) is 0 Å². The maximum absolute atomic E-state index is 11.8. The monoisotopic (exact) mass is 376 g/mol. The van der Waals surface area contributed by atoms with Gasteiger partial charge in [0, 0.05) is 27.7 Å². The number of halogens is 1. The van der Waals surface area contributed by atoms with E-state index in [0.717, 1.165) is 15.6 Å². The number of rotatable bonds is 6. The van der Waals surface area contributed by atoms with Gasteiger partial charge in [-0.25, -0.2) is 4.79 Å². The van der Waals surface area contributed by atoms with E-state index < -0.39 is 5.97 Å². The number of hydrogen-bond acceptors (Lipinski definition) is 4. The van der Waals surface area contributed by atoms with Gasteiger partial charge in [0.15, 0.2) is 0 Å². The van der Waals surface area contributed by atoms with Gasteiger partial charge in [-0.1, -0.05) is 34.1 Å². The Bertz CT molecular complexity index is 710. The molecule has 0 N–H and O–H groups in total. The fourth-order valence-electron chi connectivity index (χ4n) is 1.93. The molecule has 0 aliphatic heterocycles. The van der Waals surface area contributed by atoms with Crippen molar-refractivity contribution in [1.29, 1.82) is 0 Å². The van der Waals surface area contributed by atoms with Crippen LogP contribution in [0.2, 0.25) is 0 Å². The molecule has 5 heteroatoms. The standard InChI is InChI=1S/C18H17BrO4/c1-21-15-9-7-13(17(11-15)22-2)8-10-18(20)23-12-14-5-3-4-6-16(14)19/h3-11H,12H2,1-2H3/b10-8+. The molecule has 2 aromatic carbocycles. The van der Waals surface area contributed by atoms with Crippen LogP contribution in [0.4, 0.5) is 0 Å². The number of hydrogen-bond donors (Lipinski definition) is 0. The molecule has 120 valence electrons. The van der Waals surface area contributed by atoms with Gasteiger partial charge in [0.2, 0.25) is 0 Å². The van der Waals surface area contributed by atoms with Gasteiger partial charge in [-0.3, -0.25) is 0 Å². The second-order valence-electron chi connectivity index (χ2n) is 4.64. The summed E-state index contributed by atoms with van der Waals surface area (Å²) in [4.78, 5) is 11.8. The number of methoxy groups -OCH3 is 2. The smallest absolute Gasteiger partial charge is 0.331 e. The number of ether oxygens (including phenoxy) is 3. The van der Waals surface area contributed by atoms with Gasteiger partial charge >= 0.3 is 5.97 Å². The summed E-state index contributed by atoms with van der Waals surface area (Å²) in [5.41, 5.74) is 1.68. The van der Waals surface area contributed by atoms with E-state index in [1.807, 2.05) is 30.3 Å². The van der Waals surface area contributed by atoms with E-state index in [-0.39, 0.29) is 6.61 Å². The van der Waals surface area contributed by atoms with Crippen molar-refractivity contribution in [2.75, 3.05) is 14.2 Å². The molecule has 0 unspecified atom stereocenters. The topological polar surface area (TPSA) is 44.8 Å². The Morgan fingerprint density at radius 2 is 1.91 bits per heavy atom. The summed E-state index contributed by atoms with van der Waals surface area (Å²) >= 11 is 3.42. The van der Waals surface area contributed by atoms with Crippen molar-refractivity contribution < 1.29 is 19.0 Å². The van der Waals surface area contributed by atoms with E-state index >= 15 is 0 Å². The minimum Gasteiger partial charge on any atom is -0.497 e. The van der Waals surface area contributed by atoms with Crippen LogP contribution in [0, 0.1) is 0 Å². The van der Waals surface area contributed by atoms with Crippen LogP contribution < -0.4 is 9.47 Å². The average Bonchev–Trinajstić information content (AvgIpc) is 2.59. The maximum atomic E-state index is 11.8. The van der Waals surface area contributed by atoms with Gasteiger partial charge in [0.05, 0.1) is 14.2 Å². The van der Waals surface area contributed by atoms with Gasteiger partial charge in [-0.15, -0.1) is 0 Å². The van der Waals surface area contributed by atoms with Gasteiger partial charge < -0.3 is 14.2 Å². The SMILES string of the molecule is COc1ccc(/C=C/C(=O)OCc2ccccc2Br)c(OC)c1. The predicted octanol–water partition coefficient (Wildman–Crippen LogP) is 4.22. The van der Waals surface area contributed by atoms with Crippen LogP contribution in [0.25, 0.3) is 6.08 Å². The number of benzene rings is 2. The van der Waals surface area contributed by atoms with Gasteiger partial charge in [-0.05, 0) is 24.3 Å². The van der Waals surface area contributed by atoms with E-state index in [1.54, 1.807) is 32.4 Å². The lowest BCUT2D eigenvalue weighted by Crippen LogP contribution is -2.01. The Kier molecular flexibility index (Phi) is 6.23. The Hall–Kier alpha value is -2.27. The van der Waals surface area contributed by atoms with Crippen LogP contribution in [-0.4, -0.2) is 20.2 Å². The van der Waals surface area contributed by atoms with E-state index in [2.05, 4.69) is 15.9 Å². The first kappa shape index (κ1) is 17.1. The second kappa shape index (κ2) is 8.39. The molecule has 4 nitrogen and oxygen atoms in total. The second-order valence-corrected chi connectivity index (χ2v) is 5.49. The molecule has 0 heterocycles. The highest BCUT2D eigenvalue weighted by Crippen LogP contribution is 2.25. The lowest BCUT2D eigenvalue weighted by atomic mass is 10.1. The molecule has 2 aromatic rings. The van der Waals surface area contributed by atoms with Crippen molar-refractivity contribution in [2.45, 2.75) is 6.61 Å². The van der Waals surface area contributed by atoms with Crippen molar-refractivity contribution in [3.8, 4) is 11.5 Å². The van der Waals surface area contributed by atoms with Crippen LogP contribution in [0.1, 0.15) is 11.1 Å². The van der Waals surface area contributed by atoms with Gasteiger partial charge in [0.1, 0.15) is 18.1 Å². The molecule has 0 saturated carbocycles. The summed E-state index contributed by atoms with van der Waals surface area (Å²) in [6.45, 7) is 0.213. The third-order valence-electron chi connectivity index (χ3n) is 3.17. The van der Waals surface area contributed by atoms with E-state index in [4.69, 9.17) is 14.2 Å². The highest BCUT2D eigenvalue weighted by Gasteiger charge is 2.05. The Labute approximate surface area is 143 Å². The molecular formula is C18H17BrO4. The molecule has 0 amide bonds. The Morgan fingerprint density at radius 3 is 2.61 bits per heavy atom. The first-order chi connectivity index (χ1) is 11.1. The number of carbonyl (C=O) groups excluding carboxylic acids is 1. The first-order valence-corrected chi connectivity index (χ1v) is 7.73. The summed E-state index contributed by atoms with van der Waals surface area (Å²) in [7, 11) is 3.15. The molecule has 2 rings (SSSR count). The summed E-state index contributed by atoms with van der Waals surface area (Å²) < 4.78 is 16.5. The molecule has 0 aliphatic carbocycles. The molecule has 23 heavy (non-hydrogen) atoms. The zero-order valence-corrected chi connectivity index (χ0v) is 14.5. The van der Waals surface area contributed by atoms with Crippen molar-refractivity contribution in [1.82, 2.24) is 0 Å². The molecule has 0 fully saturated rings. The lowest BCUT2D eigenvalue weighted by molar-refractivity contribution is -0.138. The minimum atomic E-state index is -0.418. The summed E-state index contributed by atoms with van der Waals surface area (Å²) in [6, 6.07) is 13.0. The quantitative estimate of drug-likeness (QED) is 0.559. The molecule has 0 aromatic heterocycles. The lowest BCUT2D eigenvalue weighted by Gasteiger charge is -2.07. The number of carbonyl (C=O) groups is 1. The molecular weight excluding hydrogens is 360 g/mol. The van der Waals surface area contributed by atoms with E-state index in [1.165, 1.54) is 6.08 Å². The molecule has 0 atom stereocenters. The van der Waals surface area contributed by atoms with Crippen molar-refractivity contribution in [3.63, 3.8) is 0 Å². The Morgan fingerprint density at radius 1 is 1.13 bits per heavy atom. The van der Waals surface area contributed by atoms with E-state index in [0.29, 0.717) is 11.5 Å². The fourth-order valence-corrected chi connectivity index (χ4v) is 2.33. The molecule has 0 saturated heterocycles. The van der Waals surface area contributed by atoms with Crippen LogP contribution in [-0.2, 0) is 16.1 Å². The van der Waals surface area contributed by atoms with Crippen molar-refractivity contribution in [2.24, 2.45) is 0 Å². The number of esters is 1. The predicted molar refractivity (Wildman–Crippen MR) is 92.5 cm³/mol. The molecule has 0 bridgehead atoms. The van der Waals surface area contributed by atoms with Crippen molar-refractivity contribution >= 4 is 28.0 Å². The zero-order chi connectivity index (χ0) is 16.7. The molecule has 0 spiro atoms. The summed E-state index contributed by atoms with van der Waals surface area (Å²) in [6.07, 6.45) is 3.03. The summed E-state index contributed by atoms with van der Waals surface area (Å²) in [5, 5.41) is 0. The molecule has 0 aliphatic rings. The van der Waals surface area contributed by atoms with Crippen LogP contribution in [0.15, 0.2) is 53.0 Å². The fraction of sp³-hybridized carbons (Fsp3) is 0.167. The average molecular weight is 377 g/mol. The highest BCUT2D eigenvalue weighted by atomic mass is 79.9. The van der Waals surface area contributed by atoms with Crippen LogP contribution in [0.5, 0.6) is 11.5 Å².